The molecule has 2 aromatic rings. The van der Waals surface area contributed by atoms with E-state index >= 15 is 0 Å². The van der Waals surface area contributed by atoms with Crippen LogP contribution in [0, 0.1) is 0 Å². The van der Waals surface area contributed by atoms with Crippen molar-refractivity contribution in [2.75, 3.05) is 6.54 Å². The number of benzene rings is 1. The van der Waals surface area contributed by atoms with Crippen LogP contribution in [0.5, 0.6) is 0 Å². The van der Waals surface area contributed by atoms with Gasteiger partial charge >= 0.3 is 5.97 Å². The lowest BCUT2D eigenvalue weighted by atomic mass is 10.2. The SMILES string of the molecule is O=C(O)[C@H]1CCCN1Cc1cnc(-c2cccc(Cl)c2)s1. The van der Waals surface area contributed by atoms with Crippen LogP contribution >= 0.6 is 22.9 Å². The highest BCUT2D eigenvalue weighted by molar-refractivity contribution is 7.15. The van der Waals surface area contributed by atoms with E-state index < -0.39 is 5.97 Å². The van der Waals surface area contributed by atoms with Gasteiger partial charge < -0.3 is 5.11 Å². The molecule has 3 rings (SSSR count). The van der Waals surface area contributed by atoms with Crippen LogP contribution < -0.4 is 0 Å². The number of halogens is 1. The van der Waals surface area contributed by atoms with Gasteiger partial charge in [-0.1, -0.05) is 23.7 Å². The Morgan fingerprint density at radius 3 is 3.14 bits per heavy atom. The molecule has 0 aliphatic carbocycles. The van der Waals surface area contributed by atoms with E-state index in [9.17, 15) is 9.90 Å². The van der Waals surface area contributed by atoms with E-state index in [0.717, 1.165) is 34.8 Å². The molecular formula is C15H15ClN2O2S. The molecule has 0 amide bonds. The lowest BCUT2D eigenvalue weighted by molar-refractivity contribution is -0.142. The molecule has 2 heterocycles. The number of carboxylic acids is 1. The molecule has 0 unspecified atom stereocenters. The zero-order chi connectivity index (χ0) is 14.8. The molecule has 1 aromatic carbocycles. The number of carboxylic acid groups (broad SMARTS) is 1. The Morgan fingerprint density at radius 1 is 1.52 bits per heavy atom. The van der Waals surface area contributed by atoms with E-state index in [4.69, 9.17) is 11.6 Å². The number of carbonyl (C=O) groups is 1. The second kappa shape index (κ2) is 6.13. The minimum absolute atomic E-state index is 0.360. The third-order valence-corrected chi connectivity index (χ3v) is 4.90. The van der Waals surface area contributed by atoms with E-state index in [1.807, 2.05) is 35.4 Å². The number of thiazole rings is 1. The molecule has 1 aliphatic rings. The fourth-order valence-corrected chi connectivity index (χ4v) is 3.76. The first-order chi connectivity index (χ1) is 10.1. The van der Waals surface area contributed by atoms with Gasteiger partial charge in [0.2, 0.25) is 0 Å². The zero-order valence-electron chi connectivity index (χ0n) is 11.3. The first-order valence-electron chi connectivity index (χ1n) is 6.81. The predicted octanol–water partition coefficient (Wildman–Crippen LogP) is 3.51. The Kier molecular flexibility index (Phi) is 4.24. The molecule has 1 fully saturated rings. The molecule has 0 bridgehead atoms. The van der Waals surface area contributed by atoms with Crippen molar-refractivity contribution in [2.24, 2.45) is 0 Å². The van der Waals surface area contributed by atoms with Crippen molar-refractivity contribution in [3.8, 4) is 10.6 Å². The van der Waals surface area contributed by atoms with Gasteiger partial charge in [0.25, 0.3) is 0 Å². The van der Waals surface area contributed by atoms with Crippen LogP contribution in [0.1, 0.15) is 17.7 Å². The monoisotopic (exact) mass is 322 g/mol. The highest BCUT2D eigenvalue weighted by Gasteiger charge is 2.30. The lowest BCUT2D eigenvalue weighted by Crippen LogP contribution is -2.35. The number of hydrogen-bond donors (Lipinski definition) is 1. The third-order valence-electron chi connectivity index (χ3n) is 3.63. The topological polar surface area (TPSA) is 53.4 Å². The highest BCUT2D eigenvalue weighted by atomic mass is 35.5. The fraction of sp³-hybridized carbons (Fsp3) is 0.333. The fourth-order valence-electron chi connectivity index (χ4n) is 2.63. The van der Waals surface area contributed by atoms with Crippen molar-refractivity contribution in [3.63, 3.8) is 0 Å². The maximum Gasteiger partial charge on any atom is 0.320 e. The highest BCUT2D eigenvalue weighted by Crippen LogP contribution is 2.29. The van der Waals surface area contributed by atoms with E-state index in [0.29, 0.717) is 11.6 Å². The Balaban J connectivity index is 1.75. The molecule has 110 valence electrons. The minimum atomic E-state index is -0.730. The number of aromatic nitrogens is 1. The summed E-state index contributed by atoms with van der Waals surface area (Å²) in [7, 11) is 0. The van der Waals surface area contributed by atoms with E-state index in [1.165, 1.54) is 0 Å². The number of likely N-dealkylation sites (tertiary alicyclic amines) is 1. The minimum Gasteiger partial charge on any atom is -0.480 e. The van der Waals surface area contributed by atoms with Crippen molar-refractivity contribution in [1.82, 2.24) is 9.88 Å². The van der Waals surface area contributed by atoms with Gasteiger partial charge in [0.1, 0.15) is 11.0 Å². The standard InChI is InChI=1S/C15H15ClN2O2S/c16-11-4-1-3-10(7-11)14-17-8-12(21-14)9-18-6-2-5-13(18)15(19)20/h1,3-4,7-8,13H,2,5-6,9H2,(H,19,20)/t13-/m1/s1. The summed E-state index contributed by atoms with van der Waals surface area (Å²) >= 11 is 7.59. The van der Waals surface area contributed by atoms with Crippen LogP contribution in [0.15, 0.2) is 30.5 Å². The molecule has 1 aromatic heterocycles. The molecule has 1 aliphatic heterocycles. The summed E-state index contributed by atoms with van der Waals surface area (Å²) in [5, 5.41) is 10.8. The molecular weight excluding hydrogens is 308 g/mol. The largest absolute Gasteiger partial charge is 0.480 e. The second-order valence-electron chi connectivity index (χ2n) is 5.11. The van der Waals surface area contributed by atoms with Gasteiger partial charge in [0.05, 0.1) is 0 Å². The van der Waals surface area contributed by atoms with E-state index in [-0.39, 0.29) is 6.04 Å². The van der Waals surface area contributed by atoms with Crippen molar-refractivity contribution in [2.45, 2.75) is 25.4 Å². The summed E-state index contributed by atoms with van der Waals surface area (Å²) in [6.45, 7) is 1.48. The van der Waals surface area contributed by atoms with Crippen LogP contribution in [-0.2, 0) is 11.3 Å². The number of hydrogen-bond acceptors (Lipinski definition) is 4. The second-order valence-corrected chi connectivity index (χ2v) is 6.66. The van der Waals surface area contributed by atoms with Crippen LogP contribution in [0.4, 0.5) is 0 Å². The van der Waals surface area contributed by atoms with Gasteiger partial charge in [0.15, 0.2) is 0 Å². The molecule has 6 heteroatoms. The molecule has 0 spiro atoms. The maximum atomic E-state index is 11.2. The van der Waals surface area contributed by atoms with E-state index in [2.05, 4.69) is 4.98 Å². The van der Waals surface area contributed by atoms with Crippen LogP contribution in [-0.4, -0.2) is 33.5 Å². The first-order valence-corrected chi connectivity index (χ1v) is 8.00. The average Bonchev–Trinajstić information content (AvgIpc) is 3.08. The van der Waals surface area contributed by atoms with Gasteiger partial charge in [-0.15, -0.1) is 11.3 Å². The molecule has 1 saturated heterocycles. The smallest absolute Gasteiger partial charge is 0.320 e. The van der Waals surface area contributed by atoms with Gasteiger partial charge in [-0.05, 0) is 31.5 Å². The van der Waals surface area contributed by atoms with Crippen LogP contribution in [0.25, 0.3) is 10.6 Å². The summed E-state index contributed by atoms with van der Waals surface area (Å²) in [4.78, 5) is 18.7. The quantitative estimate of drug-likeness (QED) is 0.936. The summed E-state index contributed by atoms with van der Waals surface area (Å²) in [6, 6.07) is 7.24. The summed E-state index contributed by atoms with van der Waals surface area (Å²) < 4.78 is 0. The van der Waals surface area contributed by atoms with Crippen molar-refractivity contribution in [1.29, 1.82) is 0 Å². The van der Waals surface area contributed by atoms with Gasteiger partial charge in [-0.3, -0.25) is 9.69 Å². The van der Waals surface area contributed by atoms with Crippen molar-refractivity contribution in [3.05, 3.63) is 40.4 Å². The Labute approximate surface area is 132 Å². The molecule has 4 nitrogen and oxygen atoms in total. The molecule has 1 N–H and O–H groups in total. The van der Waals surface area contributed by atoms with E-state index in [1.54, 1.807) is 11.3 Å². The number of rotatable bonds is 4. The molecule has 0 saturated carbocycles. The summed E-state index contributed by atoms with van der Waals surface area (Å²) in [5.74, 6) is -0.730. The van der Waals surface area contributed by atoms with Crippen molar-refractivity contribution < 1.29 is 9.90 Å². The predicted molar refractivity (Wildman–Crippen MR) is 83.6 cm³/mol. The van der Waals surface area contributed by atoms with Crippen LogP contribution in [0.2, 0.25) is 5.02 Å². The molecule has 0 radical (unpaired) electrons. The zero-order valence-corrected chi connectivity index (χ0v) is 12.9. The Bertz CT molecular complexity index is 659. The molecule has 21 heavy (non-hydrogen) atoms. The third kappa shape index (κ3) is 3.26. The van der Waals surface area contributed by atoms with Crippen LogP contribution in [0.3, 0.4) is 0 Å². The van der Waals surface area contributed by atoms with Crippen molar-refractivity contribution >= 4 is 28.9 Å². The summed E-state index contributed by atoms with van der Waals surface area (Å²) in [5.41, 5.74) is 0.995. The van der Waals surface area contributed by atoms with Gasteiger partial charge in [0, 0.05) is 28.2 Å². The Hall–Kier alpha value is -1.43. The average molecular weight is 323 g/mol. The normalized spacial score (nSPS) is 19.0. The first kappa shape index (κ1) is 14.5. The maximum absolute atomic E-state index is 11.2. The number of nitrogens with zero attached hydrogens (tertiary/aromatic N) is 2. The number of aliphatic carboxylic acids is 1. The Morgan fingerprint density at radius 2 is 2.38 bits per heavy atom. The van der Waals surface area contributed by atoms with Gasteiger partial charge in [-0.2, -0.15) is 0 Å². The lowest BCUT2D eigenvalue weighted by Gasteiger charge is -2.19. The summed E-state index contributed by atoms with van der Waals surface area (Å²) in [6.07, 6.45) is 3.50. The van der Waals surface area contributed by atoms with Gasteiger partial charge in [-0.25, -0.2) is 4.98 Å². The molecule has 1 atom stereocenters.